The molecular weight excluding hydrogens is 263 g/mol. The molecule has 10 heteroatoms. The molecule has 0 aromatic rings. The predicted molar refractivity (Wildman–Crippen MR) is 56.9 cm³/mol. The van der Waals surface area contributed by atoms with Crippen molar-refractivity contribution in [2.24, 2.45) is 5.73 Å². The highest BCUT2D eigenvalue weighted by Gasteiger charge is 2.00. The van der Waals surface area contributed by atoms with Crippen LogP contribution >= 0.6 is 19.4 Å². The Morgan fingerprint density at radius 2 is 1.69 bits per heavy atom. The summed E-state index contributed by atoms with van der Waals surface area (Å²) in [6, 6.07) is 0. The predicted octanol–water partition coefficient (Wildman–Crippen LogP) is -0.796. The van der Waals surface area contributed by atoms with E-state index in [0.717, 1.165) is 12.8 Å². The Hall–Kier alpha value is -0.390. The van der Waals surface area contributed by atoms with Gasteiger partial charge in [0.05, 0.1) is 0 Å². The van der Waals surface area contributed by atoms with Crippen molar-refractivity contribution in [1.29, 1.82) is 5.26 Å². The fraction of sp³-hybridized carbons (Fsp3) is 0.833. The van der Waals surface area contributed by atoms with Crippen molar-refractivity contribution in [3.05, 3.63) is 0 Å². The van der Waals surface area contributed by atoms with Crippen LogP contribution in [0.4, 0.5) is 0 Å². The van der Waals surface area contributed by atoms with E-state index in [1.54, 1.807) is 0 Å². The lowest BCUT2D eigenvalue weighted by atomic mass is 10.2. The molecule has 0 aliphatic rings. The van der Waals surface area contributed by atoms with Crippen LogP contribution in [0.1, 0.15) is 19.3 Å². The number of rotatable bonds is 4. The van der Waals surface area contributed by atoms with E-state index in [4.69, 9.17) is 46.3 Å². The van der Waals surface area contributed by atoms with Gasteiger partial charge in [-0.15, -0.1) is 0 Å². The highest BCUT2D eigenvalue weighted by molar-refractivity contribution is 7.45. The minimum absolute atomic E-state index is 0.184. The monoisotopic (exact) mass is 278 g/mol. The van der Waals surface area contributed by atoms with Gasteiger partial charge in [-0.2, -0.15) is 5.26 Å². The van der Waals surface area contributed by atoms with E-state index in [1.807, 2.05) is 0 Å². The Kier molecular flexibility index (Phi) is 19.1. The number of halogens is 1. The first kappa shape index (κ1) is 21.0. The van der Waals surface area contributed by atoms with E-state index in [2.05, 4.69) is 5.73 Å². The van der Waals surface area contributed by atoms with Crippen molar-refractivity contribution in [2.45, 2.75) is 24.8 Å². The zero-order chi connectivity index (χ0) is 13.6. The van der Waals surface area contributed by atoms with Gasteiger partial charge in [0.1, 0.15) is 5.56 Å². The molecular formula is C6H16ClN2O6P. The van der Waals surface area contributed by atoms with Gasteiger partial charge in [-0.1, -0.05) is 11.6 Å². The summed E-state index contributed by atoms with van der Waals surface area (Å²) in [4.78, 5) is 21.6. The summed E-state index contributed by atoms with van der Waals surface area (Å²) in [5.74, 6) is 0. The van der Waals surface area contributed by atoms with E-state index < -0.39 is 13.4 Å². The second-order valence-electron chi connectivity index (χ2n) is 2.30. The summed E-state index contributed by atoms with van der Waals surface area (Å²) in [6.45, 7) is 0.184. The number of aliphatic hydroxyl groups is 2. The Bertz CT molecular complexity index is 207. The molecule has 1 atom stereocenters. The van der Waals surface area contributed by atoms with Crippen LogP contribution in [0.5, 0.6) is 0 Å². The molecule has 0 saturated carbocycles. The molecule has 0 radical (unpaired) electrons. The van der Waals surface area contributed by atoms with Gasteiger partial charge in [0.15, 0.2) is 6.19 Å². The molecule has 0 heterocycles. The van der Waals surface area contributed by atoms with Gasteiger partial charge in [-0.3, -0.25) is 0 Å². The second kappa shape index (κ2) is 14.6. The van der Waals surface area contributed by atoms with E-state index in [1.165, 1.54) is 6.19 Å². The Labute approximate surface area is 98.1 Å². The van der Waals surface area contributed by atoms with Crippen LogP contribution in [0, 0.1) is 11.5 Å². The number of alkyl halides is 1. The van der Waals surface area contributed by atoms with Crippen LogP contribution in [0.3, 0.4) is 0 Å². The number of phosphoric acid groups is 1. The molecule has 1 unspecified atom stereocenters. The molecule has 0 aliphatic heterocycles. The molecule has 0 rings (SSSR count). The van der Waals surface area contributed by atoms with Crippen LogP contribution < -0.4 is 5.73 Å². The largest absolute Gasteiger partial charge is 0.466 e. The summed E-state index contributed by atoms with van der Waals surface area (Å²) < 4.78 is 8.88. The molecule has 0 fully saturated rings. The van der Waals surface area contributed by atoms with Crippen molar-refractivity contribution in [3.8, 4) is 6.19 Å². The molecule has 0 aromatic heterocycles. The maximum Gasteiger partial charge on any atom is 0.466 e. The Morgan fingerprint density at radius 1 is 1.38 bits per heavy atom. The van der Waals surface area contributed by atoms with Crippen LogP contribution in [0.15, 0.2) is 0 Å². The van der Waals surface area contributed by atoms with Crippen LogP contribution in [-0.2, 0) is 4.57 Å². The Balaban J connectivity index is -0.000000181. The average molecular weight is 279 g/mol. The third-order valence-electron chi connectivity index (χ3n) is 0.850. The van der Waals surface area contributed by atoms with Crippen LogP contribution in [-0.4, -0.2) is 37.1 Å². The van der Waals surface area contributed by atoms with Crippen LogP contribution in [0.2, 0.25) is 0 Å². The summed E-state index contributed by atoms with van der Waals surface area (Å²) in [5, 5.41) is 23.8. The fourth-order valence-electron chi connectivity index (χ4n) is 0.425. The van der Waals surface area contributed by atoms with Crippen LogP contribution in [0.25, 0.3) is 0 Å². The summed E-state index contributed by atoms with van der Waals surface area (Å²) in [7, 11) is -4.64. The molecule has 0 aromatic carbocycles. The minimum Gasteiger partial charge on any atom is -0.396 e. The standard InChI is InChI=1S/C5H11ClO2.CH2N2.H3O4P/c6-5(8)3-1-2-4-7;2-1-3;1-5(2,3)4/h5,7-8H,1-4H2;2H2;(H3,1,2,3,4). The molecule has 0 bridgehead atoms. The maximum atomic E-state index is 8.88. The molecule has 7 N–H and O–H groups in total. The molecule has 0 aliphatic carbocycles. The number of nitrogens with two attached hydrogens (primary N) is 1. The van der Waals surface area contributed by atoms with Crippen molar-refractivity contribution in [2.75, 3.05) is 6.61 Å². The molecule has 0 saturated heterocycles. The first-order chi connectivity index (χ1) is 7.18. The lowest BCUT2D eigenvalue weighted by Gasteiger charge is -1.97. The van der Waals surface area contributed by atoms with E-state index in [9.17, 15) is 0 Å². The second-order valence-corrected chi connectivity index (χ2v) is 3.83. The zero-order valence-corrected chi connectivity index (χ0v) is 10.1. The van der Waals surface area contributed by atoms with E-state index >= 15 is 0 Å². The number of hydrogen-bond acceptors (Lipinski definition) is 5. The lowest BCUT2D eigenvalue weighted by molar-refractivity contribution is 0.228. The number of aliphatic hydroxyl groups excluding tert-OH is 2. The highest BCUT2D eigenvalue weighted by atomic mass is 35.5. The average Bonchev–Trinajstić information content (AvgIpc) is 2.02. The smallest absolute Gasteiger partial charge is 0.396 e. The third-order valence-corrected chi connectivity index (χ3v) is 1.07. The van der Waals surface area contributed by atoms with Crippen molar-refractivity contribution in [1.82, 2.24) is 0 Å². The maximum absolute atomic E-state index is 8.88. The molecule has 16 heavy (non-hydrogen) atoms. The molecule has 98 valence electrons. The lowest BCUT2D eigenvalue weighted by Crippen LogP contribution is -1.95. The van der Waals surface area contributed by atoms with Gasteiger partial charge >= 0.3 is 7.82 Å². The molecule has 0 spiro atoms. The Morgan fingerprint density at radius 3 is 1.88 bits per heavy atom. The van der Waals surface area contributed by atoms with Crippen molar-refractivity contribution < 1.29 is 29.5 Å². The quantitative estimate of drug-likeness (QED) is 0.128. The van der Waals surface area contributed by atoms with Gasteiger partial charge in [0.2, 0.25) is 0 Å². The highest BCUT2D eigenvalue weighted by Crippen LogP contribution is 2.25. The topological polar surface area (TPSA) is 168 Å². The normalized spacial score (nSPS) is 11.1. The molecule has 0 amide bonds. The SMILES string of the molecule is N#CN.O=P(O)(O)O.OCCCCC(O)Cl. The van der Waals surface area contributed by atoms with Crippen molar-refractivity contribution in [3.63, 3.8) is 0 Å². The summed E-state index contributed by atoms with van der Waals surface area (Å²) >= 11 is 5.19. The first-order valence-electron chi connectivity index (χ1n) is 4.00. The number of nitrogens with zero attached hydrogens (tertiary/aromatic N) is 1. The van der Waals surface area contributed by atoms with E-state index in [0.29, 0.717) is 6.42 Å². The minimum atomic E-state index is -4.64. The molecule has 8 nitrogen and oxygen atoms in total. The van der Waals surface area contributed by atoms with Gasteiger partial charge in [-0.25, -0.2) is 4.57 Å². The van der Waals surface area contributed by atoms with Crippen molar-refractivity contribution >= 4 is 19.4 Å². The van der Waals surface area contributed by atoms with Gasteiger partial charge in [0, 0.05) is 6.61 Å². The fourth-order valence-corrected chi connectivity index (χ4v) is 0.579. The number of nitriles is 1. The third kappa shape index (κ3) is 102. The van der Waals surface area contributed by atoms with E-state index in [-0.39, 0.29) is 6.61 Å². The number of hydrogen-bond donors (Lipinski definition) is 6. The number of unbranched alkanes of at least 4 members (excludes halogenated alkanes) is 1. The summed E-state index contributed by atoms with van der Waals surface area (Å²) in [6.07, 6.45) is 3.34. The van der Waals surface area contributed by atoms with Gasteiger partial charge < -0.3 is 30.6 Å². The summed E-state index contributed by atoms with van der Waals surface area (Å²) in [5.41, 5.74) is 3.42. The first-order valence-corrected chi connectivity index (χ1v) is 6.00. The zero-order valence-electron chi connectivity index (χ0n) is 8.40. The van der Waals surface area contributed by atoms with Gasteiger partial charge in [-0.05, 0) is 19.3 Å². The van der Waals surface area contributed by atoms with Gasteiger partial charge in [0.25, 0.3) is 0 Å².